The van der Waals surface area contributed by atoms with E-state index in [1.807, 2.05) is 0 Å². The molecule has 8 nitrogen and oxygen atoms in total. The van der Waals surface area contributed by atoms with Crippen molar-refractivity contribution in [2.45, 2.75) is 12.5 Å². The van der Waals surface area contributed by atoms with Crippen LogP contribution in [-0.2, 0) is 4.79 Å². The number of carbonyl (C=O) groups is 2. The number of hydrogen-bond acceptors (Lipinski definition) is 6. The van der Waals surface area contributed by atoms with Gasteiger partial charge in [-0.2, -0.15) is 0 Å². The first-order valence-corrected chi connectivity index (χ1v) is 6.13. The van der Waals surface area contributed by atoms with Crippen LogP contribution in [0.5, 0.6) is 0 Å². The highest BCUT2D eigenvalue weighted by Crippen LogP contribution is 2.16. The van der Waals surface area contributed by atoms with Gasteiger partial charge in [-0.1, -0.05) is 0 Å². The molecule has 0 radical (unpaired) electrons. The molecule has 1 amide bonds. The smallest absolute Gasteiger partial charge is 0.326 e. The number of aromatic nitrogens is 2. The summed E-state index contributed by atoms with van der Waals surface area (Å²) >= 11 is 0. The van der Waals surface area contributed by atoms with Gasteiger partial charge in [0.05, 0.1) is 0 Å². The lowest BCUT2D eigenvalue weighted by atomic mass is 10.1. The minimum absolute atomic E-state index is 0.0544. The highest BCUT2D eigenvalue weighted by atomic mass is 16.4. The predicted molar refractivity (Wildman–Crippen MR) is 70.3 cm³/mol. The average Bonchev–Trinajstić information content (AvgIpc) is 3.01. The summed E-state index contributed by atoms with van der Waals surface area (Å²) in [5.74, 6) is -1.40. The topological polar surface area (TPSA) is 126 Å². The van der Waals surface area contributed by atoms with Gasteiger partial charge in [-0.3, -0.25) is 4.79 Å². The maximum Gasteiger partial charge on any atom is 0.326 e. The molecule has 1 heterocycles. The number of aliphatic hydroxyl groups is 1. The Morgan fingerprint density at radius 3 is 2.52 bits per heavy atom. The molecule has 1 atom stereocenters. The molecule has 21 heavy (non-hydrogen) atoms. The zero-order valence-electron chi connectivity index (χ0n) is 10.9. The lowest BCUT2D eigenvalue weighted by Gasteiger charge is -2.13. The standard InChI is InChI=1S/C13H13N3O5/c17-6-5-10(13(19)20)15-11(18)8-1-3-9(4-2-8)12-16-14-7-21-12/h1-4,7,10,17H,5-6H2,(H,15,18)(H,19,20). The van der Waals surface area contributed by atoms with Crippen molar-refractivity contribution in [2.24, 2.45) is 0 Å². The predicted octanol–water partition coefficient (Wildman–Crippen LogP) is 0.302. The van der Waals surface area contributed by atoms with E-state index < -0.39 is 17.9 Å². The van der Waals surface area contributed by atoms with Crippen molar-refractivity contribution in [3.63, 3.8) is 0 Å². The number of nitrogens with zero attached hydrogens (tertiary/aromatic N) is 2. The van der Waals surface area contributed by atoms with Gasteiger partial charge in [0.15, 0.2) is 0 Å². The summed E-state index contributed by atoms with van der Waals surface area (Å²) in [4.78, 5) is 22.8. The van der Waals surface area contributed by atoms with E-state index in [9.17, 15) is 9.59 Å². The molecule has 1 aromatic carbocycles. The molecule has 1 unspecified atom stereocenters. The minimum Gasteiger partial charge on any atom is -0.480 e. The third-order valence-corrected chi connectivity index (χ3v) is 2.78. The number of benzene rings is 1. The summed E-state index contributed by atoms with van der Waals surface area (Å²) in [6.45, 7) is -0.326. The number of carboxylic acids is 1. The van der Waals surface area contributed by atoms with Crippen molar-refractivity contribution in [3.05, 3.63) is 36.2 Å². The highest BCUT2D eigenvalue weighted by Gasteiger charge is 2.20. The lowest BCUT2D eigenvalue weighted by Crippen LogP contribution is -2.41. The molecule has 0 bridgehead atoms. The van der Waals surface area contributed by atoms with Crippen LogP contribution in [0.15, 0.2) is 35.1 Å². The van der Waals surface area contributed by atoms with E-state index in [1.165, 1.54) is 18.5 Å². The Morgan fingerprint density at radius 1 is 1.29 bits per heavy atom. The maximum absolute atomic E-state index is 11.9. The summed E-state index contributed by atoms with van der Waals surface area (Å²) < 4.78 is 5.02. The van der Waals surface area contributed by atoms with Gasteiger partial charge in [-0.25, -0.2) is 4.79 Å². The van der Waals surface area contributed by atoms with Crippen LogP contribution < -0.4 is 5.32 Å². The Morgan fingerprint density at radius 2 is 2.00 bits per heavy atom. The van der Waals surface area contributed by atoms with Crippen LogP contribution in [0.3, 0.4) is 0 Å². The monoisotopic (exact) mass is 291 g/mol. The molecule has 110 valence electrons. The molecule has 0 saturated heterocycles. The van der Waals surface area contributed by atoms with Crippen LogP contribution >= 0.6 is 0 Å². The molecule has 0 saturated carbocycles. The van der Waals surface area contributed by atoms with Crippen LogP contribution in [-0.4, -0.2) is 44.9 Å². The first-order valence-electron chi connectivity index (χ1n) is 6.13. The van der Waals surface area contributed by atoms with Gasteiger partial charge < -0.3 is 19.9 Å². The van der Waals surface area contributed by atoms with E-state index in [2.05, 4.69) is 15.5 Å². The SMILES string of the molecule is O=C(NC(CCO)C(=O)O)c1ccc(-c2nnco2)cc1. The van der Waals surface area contributed by atoms with Gasteiger partial charge in [0.2, 0.25) is 12.3 Å². The van der Waals surface area contributed by atoms with E-state index >= 15 is 0 Å². The number of nitrogens with one attached hydrogen (secondary N) is 1. The molecule has 0 fully saturated rings. The largest absolute Gasteiger partial charge is 0.480 e. The molecule has 1 aromatic heterocycles. The second-order valence-electron chi connectivity index (χ2n) is 4.20. The van der Waals surface area contributed by atoms with Crippen molar-refractivity contribution in [1.82, 2.24) is 15.5 Å². The molecular weight excluding hydrogens is 278 g/mol. The fraction of sp³-hybridized carbons (Fsp3) is 0.231. The number of rotatable bonds is 6. The van der Waals surface area contributed by atoms with Gasteiger partial charge in [0, 0.05) is 24.2 Å². The van der Waals surface area contributed by atoms with Crippen molar-refractivity contribution in [2.75, 3.05) is 6.61 Å². The summed E-state index contributed by atoms with van der Waals surface area (Å²) in [7, 11) is 0. The van der Waals surface area contributed by atoms with Crippen molar-refractivity contribution in [1.29, 1.82) is 0 Å². The second-order valence-corrected chi connectivity index (χ2v) is 4.20. The number of amides is 1. The van der Waals surface area contributed by atoms with Crippen LogP contribution in [0.4, 0.5) is 0 Å². The normalized spacial score (nSPS) is 11.9. The number of carbonyl (C=O) groups excluding carboxylic acids is 1. The molecule has 8 heteroatoms. The molecule has 0 aliphatic carbocycles. The third-order valence-electron chi connectivity index (χ3n) is 2.78. The maximum atomic E-state index is 11.9. The van der Waals surface area contributed by atoms with Crippen LogP contribution in [0, 0.1) is 0 Å². The van der Waals surface area contributed by atoms with Crippen molar-refractivity contribution < 1.29 is 24.2 Å². The Balaban J connectivity index is 2.07. The number of carboxylic acid groups (broad SMARTS) is 1. The molecule has 3 N–H and O–H groups in total. The molecular formula is C13H13N3O5. The molecule has 0 spiro atoms. The van der Waals surface area contributed by atoms with Crippen molar-refractivity contribution in [3.8, 4) is 11.5 Å². The van der Waals surface area contributed by atoms with E-state index in [0.29, 0.717) is 17.0 Å². The fourth-order valence-corrected chi connectivity index (χ4v) is 1.69. The average molecular weight is 291 g/mol. The van der Waals surface area contributed by atoms with E-state index in [0.717, 1.165) is 0 Å². The lowest BCUT2D eigenvalue weighted by molar-refractivity contribution is -0.139. The van der Waals surface area contributed by atoms with Gasteiger partial charge in [0.1, 0.15) is 6.04 Å². The second kappa shape index (κ2) is 6.62. The zero-order valence-corrected chi connectivity index (χ0v) is 10.9. The van der Waals surface area contributed by atoms with E-state index in [1.54, 1.807) is 12.1 Å². The zero-order chi connectivity index (χ0) is 15.2. The summed E-state index contributed by atoms with van der Waals surface area (Å²) in [6, 6.07) is 5.15. The quantitative estimate of drug-likeness (QED) is 0.698. The number of aliphatic hydroxyl groups excluding tert-OH is 1. The minimum atomic E-state index is -1.19. The summed E-state index contributed by atoms with van der Waals surface area (Å²) in [6.07, 6.45) is 1.14. The van der Waals surface area contributed by atoms with Crippen LogP contribution in [0.25, 0.3) is 11.5 Å². The Kier molecular flexibility index (Phi) is 4.62. The Bertz CT molecular complexity index is 609. The molecule has 0 aliphatic heterocycles. The molecule has 0 aliphatic rings. The fourth-order valence-electron chi connectivity index (χ4n) is 1.69. The summed E-state index contributed by atoms with van der Waals surface area (Å²) in [5.41, 5.74) is 0.941. The van der Waals surface area contributed by atoms with Gasteiger partial charge in [-0.15, -0.1) is 10.2 Å². The van der Waals surface area contributed by atoms with Gasteiger partial charge >= 0.3 is 5.97 Å². The molecule has 2 rings (SSSR count). The van der Waals surface area contributed by atoms with Crippen LogP contribution in [0.2, 0.25) is 0 Å². The Labute approximate surface area is 119 Å². The summed E-state index contributed by atoms with van der Waals surface area (Å²) in [5, 5.41) is 27.3. The number of hydrogen-bond donors (Lipinski definition) is 3. The van der Waals surface area contributed by atoms with Crippen LogP contribution in [0.1, 0.15) is 16.8 Å². The first-order chi connectivity index (χ1) is 10.1. The van der Waals surface area contributed by atoms with E-state index in [4.69, 9.17) is 14.6 Å². The first kappa shape index (κ1) is 14.7. The molecule has 2 aromatic rings. The van der Waals surface area contributed by atoms with Gasteiger partial charge in [0.25, 0.3) is 5.91 Å². The van der Waals surface area contributed by atoms with Crippen molar-refractivity contribution >= 4 is 11.9 Å². The van der Waals surface area contributed by atoms with E-state index in [-0.39, 0.29) is 13.0 Å². The number of aliphatic carboxylic acids is 1. The third kappa shape index (κ3) is 3.63. The highest BCUT2D eigenvalue weighted by molar-refractivity contribution is 5.96. The van der Waals surface area contributed by atoms with Gasteiger partial charge in [-0.05, 0) is 24.3 Å². The Hall–Kier alpha value is -2.74.